The molecule has 0 saturated heterocycles. The quantitative estimate of drug-likeness (QED) is 0.235. The summed E-state index contributed by atoms with van der Waals surface area (Å²) in [6, 6.07) is 20.0. The zero-order valence-corrected chi connectivity index (χ0v) is 22.6. The van der Waals surface area contributed by atoms with Crippen LogP contribution >= 0.6 is 23.4 Å². The van der Waals surface area contributed by atoms with Gasteiger partial charge in [0.1, 0.15) is 0 Å². The van der Waals surface area contributed by atoms with Crippen LogP contribution in [-0.4, -0.2) is 47.0 Å². The van der Waals surface area contributed by atoms with Gasteiger partial charge in [-0.2, -0.15) is 4.31 Å². The lowest BCUT2D eigenvalue weighted by atomic mass is 10.2. The lowest BCUT2D eigenvalue weighted by Crippen LogP contribution is -2.30. The first kappa shape index (κ1) is 26.9. The van der Waals surface area contributed by atoms with Crippen molar-refractivity contribution in [2.75, 3.05) is 24.2 Å². The van der Waals surface area contributed by atoms with E-state index in [-0.39, 0.29) is 22.1 Å². The highest BCUT2D eigenvalue weighted by atomic mass is 35.5. The molecule has 0 bridgehead atoms. The monoisotopic (exact) mass is 556 g/mol. The Morgan fingerprint density at radius 3 is 2.46 bits per heavy atom. The SMILES string of the molecule is CCN(CC)S(=O)(=O)c1cccc(NC(=O)CSc2nc3ccccc3c(=O)n2-c2ccccc2Cl)c1. The van der Waals surface area contributed by atoms with Crippen molar-refractivity contribution >= 4 is 55.9 Å². The van der Waals surface area contributed by atoms with E-state index in [0.717, 1.165) is 11.8 Å². The minimum absolute atomic E-state index is 0.0672. The van der Waals surface area contributed by atoms with Gasteiger partial charge in [-0.25, -0.2) is 13.4 Å². The van der Waals surface area contributed by atoms with Gasteiger partial charge < -0.3 is 5.32 Å². The summed E-state index contributed by atoms with van der Waals surface area (Å²) in [6.07, 6.45) is 0. The van der Waals surface area contributed by atoms with Gasteiger partial charge in [0.2, 0.25) is 15.9 Å². The van der Waals surface area contributed by atoms with Crippen LogP contribution in [0.2, 0.25) is 5.02 Å². The topological polar surface area (TPSA) is 101 Å². The largest absolute Gasteiger partial charge is 0.325 e. The number of nitrogens with one attached hydrogen (secondary N) is 1. The van der Waals surface area contributed by atoms with E-state index in [0.29, 0.717) is 45.5 Å². The molecule has 1 amide bonds. The number of halogens is 1. The molecule has 1 heterocycles. The predicted molar refractivity (Wildman–Crippen MR) is 148 cm³/mol. The highest BCUT2D eigenvalue weighted by molar-refractivity contribution is 7.99. The molecule has 4 rings (SSSR count). The molecule has 0 atom stereocenters. The molecule has 1 N–H and O–H groups in total. The third kappa shape index (κ3) is 5.72. The summed E-state index contributed by atoms with van der Waals surface area (Å²) in [6.45, 7) is 4.23. The fourth-order valence-electron chi connectivity index (χ4n) is 3.83. The van der Waals surface area contributed by atoms with Gasteiger partial charge in [-0.05, 0) is 42.5 Å². The van der Waals surface area contributed by atoms with Gasteiger partial charge in [-0.1, -0.05) is 67.5 Å². The van der Waals surface area contributed by atoms with Crippen molar-refractivity contribution in [1.29, 1.82) is 0 Å². The predicted octanol–water partition coefficient (Wildman–Crippen LogP) is 4.80. The molecule has 0 aliphatic heterocycles. The minimum Gasteiger partial charge on any atom is -0.325 e. The number of anilines is 1. The number of rotatable bonds is 9. The van der Waals surface area contributed by atoms with Crippen LogP contribution < -0.4 is 10.9 Å². The molecule has 0 unspecified atom stereocenters. The first-order chi connectivity index (χ1) is 17.8. The van der Waals surface area contributed by atoms with Crippen LogP contribution in [0.5, 0.6) is 0 Å². The van der Waals surface area contributed by atoms with Crippen LogP contribution in [-0.2, 0) is 14.8 Å². The number of nitrogens with zero attached hydrogens (tertiary/aromatic N) is 3. The second-order valence-corrected chi connectivity index (χ2v) is 11.2. The number of amides is 1. The molecule has 0 spiro atoms. The van der Waals surface area contributed by atoms with E-state index in [1.165, 1.54) is 21.0 Å². The number of fused-ring (bicyclic) bond motifs is 1. The molecule has 8 nitrogen and oxygen atoms in total. The number of aromatic nitrogens is 2. The summed E-state index contributed by atoms with van der Waals surface area (Å²) < 4.78 is 28.4. The Labute approximate surface area is 224 Å². The van der Waals surface area contributed by atoms with Gasteiger partial charge in [0.25, 0.3) is 5.56 Å². The van der Waals surface area contributed by atoms with Crippen LogP contribution in [0.25, 0.3) is 16.6 Å². The zero-order valence-electron chi connectivity index (χ0n) is 20.2. The van der Waals surface area contributed by atoms with Gasteiger partial charge in [-0.3, -0.25) is 14.2 Å². The number of benzene rings is 3. The van der Waals surface area contributed by atoms with Crippen molar-refractivity contribution in [2.24, 2.45) is 0 Å². The number of thioether (sulfide) groups is 1. The van der Waals surface area contributed by atoms with Crippen molar-refractivity contribution < 1.29 is 13.2 Å². The molecule has 192 valence electrons. The first-order valence-electron chi connectivity index (χ1n) is 11.6. The van der Waals surface area contributed by atoms with Crippen LogP contribution in [0, 0.1) is 0 Å². The van der Waals surface area contributed by atoms with E-state index < -0.39 is 10.0 Å². The number of hydrogen-bond acceptors (Lipinski definition) is 6. The molecule has 0 radical (unpaired) electrons. The van der Waals surface area contributed by atoms with Crippen molar-refractivity contribution in [1.82, 2.24) is 13.9 Å². The highest BCUT2D eigenvalue weighted by Gasteiger charge is 2.22. The standard InChI is InChI=1S/C26H25ClN4O4S2/c1-3-30(4-2)37(34,35)19-11-9-10-18(16-19)28-24(32)17-36-26-29-22-14-7-5-12-20(22)25(33)31(26)23-15-8-6-13-21(23)27/h5-16H,3-4,17H2,1-2H3,(H,28,32). The molecule has 37 heavy (non-hydrogen) atoms. The second kappa shape index (κ2) is 11.5. The molecule has 3 aromatic carbocycles. The van der Waals surface area contributed by atoms with E-state index in [9.17, 15) is 18.0 Å². The van der Waals surface area contributed by atoms with Gasteiger partial charge in [0.05, 0.1) is 32.3 Å². The molecular weight excluding hydrogens is 532 g/mol. The average Bonchev–Trinajstić information content (AvgIpc) is 2.89. The zero-order chi connectivity index (χ0) is 26.6. The lowest BCUT2D eigenvalue weighted by Gasteiger charge is -2.19. The Morgan fingerprint density at radius 1 is 1.03 bits per heavy atom. The Hall–Kier alpha value is -3.18. The fourth-order valence-corrected chi connectivity index (χ4v) is 6.36. The second-order valence-electron chi connectivity index (χ2n) is 7.96. The number of para-hydroxylation sites is 2. The van der Waals surface area contributed by atoms with Crippen LogP contribution in [0.4, 0.5) is 5.69 Å². The highest BCUT2D eigenvalue weighted by Crippen LogP contribution is 2.26. The van der Waals surface area contributed by atoms with E-state index in [2.05, 4.69) is 10.3 Å². The summed E-state index contributed by atoms with van der Waals surface area (Å²) >= 11 is 7.47. The minimum atomic E-state index is -3.66. The molecule has 0 aliphatic rings. The maximum absolute atomic E-state index is 13.4. The summed E-state index contributed by atoms with van der Waals surface area (Å²) in [4.78, 5) is 30.9. The van der Waals surface area contributed by atoms with E-state index in [1.54, 1.807) is 74.5 Å². The smallest absolute Gasteiger partial charge is 0.266 e. The Bertz CT molecular complexity index is 1620. The van der Waals surface area contributed by atoms with Gasteiger partial charge in [0, 0.05) is 18.8 Å². The number of carbonyl (C=O) groups is 1. The number of sulfonamides is 1. The maximum Gasteiger partial charge on any atom is 0.266 e. The van der Waals surface area contributed by atoms with Crippen LogP contribution in [0.1, 0.15) is 13.8 Å². The van der Waals surface area contributed by atoms with Crippen molar-refractivity contribution in [2.45, 2.75) is 23.9 Å². The van der Waals surface area contributed by atoms with Crippen molar-refractivity contribution in [3.63, 3.8) is 0 Å². The molecule has 0 aliphatic carbocycles. The Kier molecular flexibility index (Phi) is 8.33. The normalized spacial score (nSPS) is 11.7. The summed E-state index contributed by atoms with van der Waals surface area (Å²) in [5.41, 5.74) is 1.03. The molecule has 0 fully saturated rings. The Balaban J connectivity index is 1.60. The number of carbonyl (C=O) groups excluding carboxylic acids is 1. The van der Waals surface area contributed by atoms with Gasteiger partial charge in [-0.15, -0.1) is 0 Å². The molecule has 1 aromatic heterocycles. The van der Waals surface area contributed by atoms with Crippen molar-refractivity contribution in [3.8, 4) is 5.69 Å². The average molecular weight is 557 g/mol. The molecule has 4 aromatic rings. The van der Waals surface area contributed by atoms with Crippen LogP contribution in [0.15, 0.2) is 87.6 Å². The third-order valence-corrected chi connectivity index (χ3v) is 8.94. The van der Waals surface area contributed by atoms with Crippen molar-refractivity contribution in [3.05, 3.63) is 88.2 Å². The third-order valence-electron chi connectivity index (χ3n) is 5.63. The number of hydrogen-bond donors (Lipinski definition) is 1. The fraction of sp³-hybridized carbons (Fsp3) is 0.192. The Morgan fingerprint density at radius 2 is 1.73 bits per heavy atom. The molecule has 11 heteroatoms. The maximum atomic E-state index is 13.4. The van der Waals surface area contributed by atoms with Gasteiger partial charge >= 0.3 is 0 Å². The lowest BCUT2D eigenvalue weighted by molar-refractivity contribution is -0.113. The van der Waals surface area contributed by atoms with Gasteiger partial charge in [0.15, 0.2) is 5.16 Å². The molecule has 0 saturated carbocycles. The van der Waals surface area contributed by atoms with E-state index >= 15 is 0 Å². The summed E-state index contributed by atoms with van der Waals surface area (Å²) in [7, 11) is -3.66. The summed E-state index contributed by atoms with van der Waals surface area (Å²) in [5.74, 6) is -0.446. The van der Waals surface area contributed by atoms with Crippen LogP contribution in [0.3, 0.4) is 0 Å². The molecular formula is C26H25ClN4O4S2. The van der Waals surface area contributed by atoms with E-state index in [4.69, 9.17) is 11.6 Å². The van der Waals surface area contributed by atoms with E-state index in [1.807, 2.05) is 0 Å². The first-order valence-corrected chi connectivity index (χ1v) is 14.4. The summed E-state index contributed by atoms with van der Waals surface area (Å²) in [5, 5.41) is 3.86.